The van der Waals surface area contributed by atoms with Gasteiger partial charge in [0, 0.05) is 5.69 Å². The minimum absolute atomic E-state index is 0.127. The van der Waals surface area contributed by atoms with E-state index >= 15 is 0 Å². The van der Waals surface area contributed by atoms with Crippen molar-refractivity contribution in [3.63, 3.8) is 0 Å². The Labute approximate surface area is 155 Å². The lowest BCUT2D eigenvalue weighted by Crippen LogP contribution is -2.44. The SMILES string of the molecule is O=C1NC2=C(C(=O)N(c3ccc(OC(F)(F)F)cc3)C2)C(c2ccsc2)N1. The normalized spacial score (nSPS) is 19.7. The number of amides is 3. The molecular weight excluding hydrogens is 383 g/mol. The van der Waals surface area contributed by atoms with Gasteiger partial charge >= 0.3 is 12.4 Å². The van der Waals surface area contributed by atoms with Gasteiger partial charge in [0.2, 0.25) is 0 Å². The number of halogens is 3. The van der Waals surface area contributed by atoms with Crippen LogP contribution in [0.25, 0.3) is 0 Å². The summed E-state index contributed by atoms with van der Waals surface area (Å²) in [5.74, 6) is -0.695. The fourth-order valence-electron chi connectivity index (χ4n) is 3.10. The van der Waals surface area contributed by atoms with E-state index in [-0.39, 0.29) is 18.2 Å². The molecule has 1 aromatic carbocycles. The highest BCUT2D eigenvalue weighted by atomic mass is 32.1. The first-order valence-corrected chi connectivity index (χ1v) is 8.76. The van der Waals surface area contributed by atoms with Crippen molar-refractivity contribution in [3.8, 4) is 5.75 Å². The van der Waals surface area contributed by atoms with Crippen molar-refractivity contribution < 1.29 is 27.5 Å². The van der Waals surface area contributed by atoms with Crippen molar-refractivity contribution in [2.75, 3.05) is 11.4 Å². The number of hydrogen-bond donors (Lipinski definition) is 2. The molecule has 10 heteroatoms. The number of urea groups is 1. The molecule has 27 heavy (non-hydrogen) atoms. The third-order valence-electron chi connectivity index (χ3n) is 4.20. The number of alkyl halides is 3. The Balaban J connectivity index is 1.60. The van der Waals surface area contributed by atoms with Gasteiger partial charge in [-0.05, 0) is 46.7 Å². The molecule has 1 unspecified atom stereocenters. The zero-order valence-electron chi connectivity index (χ0n) is 13.5. The van der Waals surface area contributed by atoms with Gasteiger partial charge in [0.1, 0.15) is 5.75 Å². The molecule has 0 saturated carbocycles. The summed E-state index contributed by atoms with van der Waals surface area (Å²) in [5, 5.41) is 9.07. The molecule has 0 bridgehead atoms. The first-order valence-electron chi connectivity index (χ1n) is 7.82. The van der Waals surface area contributed by atoms with E-state index in [1.165, 1.54) is 28.4 Å². The van der Waals surface area contributed by atoms with Gasteiger partial charge in [-0.1, -0.05) is 0 Å². The fraction of sp³-hybridized carbons (Fsp3) is 0.176. The number of nitrogens with zero attached hydrogens (tertiary/aromatic N) is 1. The summed E-state index contributed by atoms with van der Waals surface area (Å²) in [6.07, 6.45) is -4.78. The van der Waals surface area contributed by atoms with Crippen LogP contribution in [-0.2, 0) is 4.79 Å². The van der Waals surface area contributed by atoms with Gasteiger partial charge in [-0.2, -0.15) is 11.3 Å². The number of thiophene rings is 1. The van der Waals surface area contributed by atoms with Crippen LogP contribution in [-0.4, -0.2) is 24.8 Å². The molecule has 0 saturated heterocycles. The lowest BCUT2D eigenvalue weighted by atomic mass is 9.99. The third kappa shape index (κ3) is 3.35. The summed E-state index contributed by atoms with van der Waals surface area (Å²) in [6.45, 7) is 0.127. The molecular formula is C17H12F3N3O3S. The number of nitrogens with one attached hydrogen (secondary N) is 2. The predicted molar refractivity (Wildman–Crippen MR) is 91.2 cm³/mol. The summed E-state index contributed by atoms with van der Waals surface area (Å²) < 4.78 is 40.7. The Morgan fingerprint density at radius 2 is 1.89 bits per heavy atom. The van der Waals surface area contributed by atoms with E-state index in [4.69, 9.17) is 0 Å². The van der Waals surface area contributed by atoms with Crippen LogP contribution >= 0.6 is 11.3 Å². The predicted octanol–water partition coefficient (Wildman–Crippen LogP) is 3.30. The number of anilines is 1. The van der Waals surface area contributed by atoms with Crippen molar-refractivity contribution in [2.45, 2.75) is 12.4 Å². The molecule has 2 aliphatic rings. The molecule has 1 atom stereocenters. The third-order valence-corrected chi connectivity index (χ3v) is 4.91. The van der Waals surface area contributed by atoms with Crippen molar-refractivity contribution in [2.24, 2.45) is 0 Å². The molecule has 2 N–H and O–H groups in total. The van der Waals surface area contributed by atoms with E-state index in [1.54, 1.807) is 0 Å². The lowest BCUT2D eigenvalue weighted by Gasteiger charge is -2.24. The molecule has 2 aromatic rings. The Morgan fingerprint density at radius 3 is 2.52 bits per heavy atom. The van der Waals surface area contributed by atoms with E-state index in [9.17, 15) is 22.8 Å². The number of carbonyl (C=O) groups excluding carboxylic acids is 2. The minimum atomic E-state index is -4.78. The average molecular weight is 395 g/mol. The molecule has 6 nitrogen and oxygen atoms in total. The second-order valence-corrected chi connectivity index (χ2v) is 6.69. The molecule has 4 rings (SSSR count). The van der Waals surface area contributed by atoms with Crippen LogP contribution in [0.1, 0.15) is 11.6 Å². The molecule has 3 amide bonds. The van der Waals surface area contributed by atoms with E-state index in [1.807, 2.05) is 16.8 Å². The smallest absolute Gasteiger partial charge is 0.406 e. The zero-order chi connectivity index (χ0) is 19.2. The van der Waals surface area contributed by atoms with Crippen LogP contribution in [0, 0.1) is 0 Å². The van der Waals surface area contributed by atoms with Gasteiger partial charge in [-0.3, -0.25) is 4.79 Å². The van der Waals surface area contributed by atoms with Crippen LogP contribution < -0.4 is 20.3 Å². The average Bonchev–Trinajstić information content (AvgIpc) is 3.22. The zero-order valence-corrected chi connectivity index (χ0v) is 14.4. The first kappa shape index (κ1) is 17.4. The molecule has 0 aliphatic carbocycles. The second-order valence-electron chi connectivity index (χ2n) is 5.91. The molecule has 0 fully saturated rings. The monoisotopic (exact) mass is 395 g/mol. The van der Waals surface area contributed by atoms with E-state index in [0.29, 0.717) is 17.0 Å². The second kappa shape index (κ2) is 6.31. The van der Waals surface area contributed by atoms with Crippen molar-refractivity contribution in [1.82, 2.24) is 10.6 Å². The molecule has 3 heterocycles. The van der Waals surface area contributed by atoms with Gasteiger partial charge in [0.25, 0.3) is 5.91 Å². The van der Waals surface area contributed by atoms with Crippen LogP contribution in [0.3, 0.4) is 0 Å². The Bertz CT molecular complexity index is 923. The minimum Gasteiger partial charge on any atom is -0.406 e. The molecule has 1 aromatic heterocycles. The van der Waals surface area contributed by atoms with E-state index < -0.39 is 18.4 Å². The van der Waals surface area contributed by atoms with Crippen LogP contribution in [0.5, 0.6) is 5.75 Å². The number of rotatable bonds is 3. The first-order chi connectivity index (χ1) is 12.8. The standard InChI is InChI=1S/C17H12F3N3O3S/c18-17(19,20)26-11-3-1-10(2-4-11)23-7-12-13(15(23)24)14(22-16(25)21-12)9-5-6-27-8-9/h1-6,8,14H,7H2,(H2,21,22,25). The number of hydrogen-bond acceptors (Lipinski definition) is 4. The maximum Gasteiger partial charge on any atom is 0.573 e. The highest BCUT2D eigenvalue weighted by Crippen LogP contribution is 2.36. The Morgan fingerprint density at radius 1 is 1.15 bits per heavy atom. The number of carbonyl (C=O) groups is 2. The van der Waals surface area contributed by atoms with Crippen molar-refractivity contribution >= 4 is 29.0 Å². The lowest BCUT2D eigenvalue weighted by molar-refractivity contribution is -0.274. The van der Waals surface area contributed by atoms with Crippen LogP contribution in [0.4, 0.5) is 23.7 Å². The van der Waals surface area contributed by atoms with E-state index in [0.717, 1.165) is 17.7 Å². The largest absolute Gasteiger partial charge is 0.573 e. The van der Waals surface area contributed by atoms with Crippen LogP contribution in [0.15, 0.2) is 52.4 Å². The summed E-state index contributed by atoms with van der Waals surface area (Å²) in [7, 11) is 0. The topological polar surface area (TPSA) is 70.7 Å². The summed E-state index contributed by atoms with van der Waals surface area (Å²) in [4.78, 5) is 26.3. The summed E-state index contributed by atoms with van der Waals surface area (Å²) in [6, 6.07) is 5.86. The van der Waals surface area contributed by atoms with Gasteiger partial charge in [0.05, 0.1) is 23.9 Å². The maximum atomic E-state index is 12.9. The number of benzene rings is 1. The molecule has 2 aliphatic heterocycles. The highest BCUT2D eigenvalue weighted by molar-refractivity contribution is 7.08. The summed E-state index contributed by atoms with van der Waals surface area (Å²) >= 11 is 1.45. The van der Waals surface area contributed by atoms with Gasteiger partial charge in [-0.25, -0.2) is 4.79 Å². The molecule has 140 valence electrons. The van der Waals surface area contributed by atoms with Crippen molar-refractivity contribution in [1.29, 1.82) is 0 Å². The van der Waals surface area contributed by atoms with E-state index in [2.05, 4.69) is 15.4 Å². The Kier molecular flexibility index (Phi) is 4.06. The van der Waals surface area contributed by atoms with Crippen LogP contribution in [0.2, 0.25) is 0 Å². The quantitative estimate of drug-likeness (QED) is 0.838. The van der Waals surface area contributed by atoms with Gasteiger partial charge in [0.15, 0.2) is 0 Å². The molecule has 0 spiro atoms. The van der Waals surface area contributed by atoms with Gasteiger partial charge < -0.3 is 20.3 Å². The number of ether oxygens (including phenoxy) is 1. The van der Waals surface area contributed by atoms with Crippen molar-refractivity contribution in [3.05, 3.63) is 57.9 Å². The molecule has 0 radical (unpaired) electrons. The summed E-state index contributed by atoms with van der Waals surface area (Å²) in [5.41, 5.74) is 2.10. The Hall–Kier alpha value is -3.01. The highest BCUT2D eigenvalue weighted by Gasteiger charge is 2.41. The fourth-order valence-corrected chi connectivity index (χ4v) is 3.78. The maximum absolute atomic E-state index is 12.9. The van der Waals surface area contributed by atoms with Gasteiger partial charge in [-0.15, -0.1) is 13.2 Å².